The molecule has 0 saturated carbocycles. The number of benzene rings is 1. The molecule has 1 aromatic carbocycles. The molecule has 2 atom stereocenters. The molecule has 1 aromatic rings. The number of nitrogens with one attached hydrogen (secondary N) is 3. The van der Waals surface area contributed by atoms with Crippen molar-refractivity contribution in [1.29, 1.82) is 0 Å². The largest absolute Gasteiger partial charge is 0.497 e. The van der Waals surface area contributed by atoms with Crippen molar-refractivity contribution >= 4 is 11.5 Å². The molecule has 0 aromatic heterocycles. The van der Waals surface area contributed by atoms with E-state index >= 15 is 0 Å². The third-order valence-electron chi connectivity index (χ3n) is 5.38. The monoisotopic (exact) mass is 540 g/mol. The van der Waals surface area contributed by atoms with Crippen LogP contribution in [0.2, 0.25) is 0 Å². The van der Waals surface area contributed by atoms with Crippen molar-refractivity contribution in [1.82, 2.24) is 10.7 Å². The maximum Gasteiger partial charge on any atom is 0.150 e. The third-order valence-corrected chi connectivity index (χ3v) is 5.38. The zero-order valence-electron chi connectivity index (χ0n) is 25.8. The molecule has 7 nitrogen and oxygen atoms in total. The number of hydrazone groups is 1. The van der Waals surface area contributed by atoms with Crippen LogP contribution in [0.4, 0.5) is 5.69 Å². The van der Waals surface area contributed by atoms with Crippen molar-refractivity contribution in [3.8, 4) is 0 Å². The van der Waals surface area contributed by atoms with Gasteiger partial charge < -0.3 is 26.6 Å². The van der Waals surface area contributed by atoms with E-state index < -0.39 is 0 Å². The Kier molecular flexibility index (Phi) is 24.3. The molecule has 2 unspecified atom stereocenters. The highest BCUT2D eigenvalue weighted by molar-refractivity contribution is 5.97. The molecule has 220 valence electrons. The summed E-state index contributed by atoms with van der Waals surface area (Å²) in [7, 11) is 3.67. The first-order valence-electron chi connectivity index (χ1n) is 14.0. The highest BCUT2D eigenvalue weighted by Gasteiger charge is 2.10. The molecule has 2 rings (SSSR count). The quantitative estimate of drug-likeness (QED) is 0.0811. The van der Waals surface area contributed by atoms with Crippen molar-refractivity contribution < 1.29 is 4.74 Å². The van der Waals surface area contributed by atoms with Gasteiger partial charge in [0.15, 0.2) is 5.84 Å². The molecule has 7 N–H and O–H groups in total. The first-order valence-corrected chi connectivity index (χ1v) is 14.0. The maximum atomic E-state index is 6.12. The van der Waals surface area contributed by atoms with E-state index in [2.05, 4.69) is 91.6 Å². The molecule has 0 fully saturated rings. The minimum Gasteiger partial charge on any atom is -0.497 e. The summed E-state index contributed by atoms with van der Waals surface area (Å²) >= 11 is 0. The smallest absolute Gasteiger partial charge is 0.150 e. The first-order chi connectivity index (χ1) is 18.9. The van der Waals surface area contributed by atoms with Crippen LogP contribution >= 0.6 is 0 Å². The summed E-state index contributed by atoms with van der Waals surface area (Å²) in [4.78, 5) is 0. The summed E-state index contributed by atoms with van der Waals surface area (Å²) in [5.74, 6) is 7.69. The van der Waals surface area contributed by atoms with Gasteiger partial charge in [0, 0.05) is 12.1 Å². The topological polar surface area (TPSA) is 110 Å². The average Bonchev–Trinajstić information content (AvgIpc) is 2.99. The van der Waals surface area contributed by atoms with E-state index in [1.54, 1.807) is 7.11 Å². The lowest BCUT2D eigenvalue weighted by molar-refractivity contribution is 0.303. The molecule has 0 radical (unpaired) electrons. The Balaban J connectivity index is 0. The van der Waals surface area contributed by atoms with Gasteiger partial charge in [-0.3, -0.25) is 5.84 Å². The number of ether oxygens (including phenoxy) is 1. The van der Waals surface area contributed by atoms with E-state index in [4.69, 9.17) is 16.3 Å². The Morgan fingerprint density at radius 1 is 1.10 bits per heavy atom. The number of anilines is 1. The predicted molar refractivity (Wildman–Crippen MR) is 174 cm³/mol. The fourth-order valence-electron chi connectivity index (χ4n) is 3.58. The molecule has 0 amide bonds. The number of allylic oxidation sites excluding steroid dienone is 7. The van der Waals surface area contributed by atoms with E-state index in [0.717, 1.165) is 48.5 Å². The molecule has 39 heavy (non-hydrogen) atoms. The molecule has 1 aliphatic rings. The van der Waals surface area contributed by atoms with E-state index in [1.807, 2.05) is 46.0 Å². The predicted octanol–water partition coefficient (Wildman–Crippen LogP) is 6.43. The van der Waals surface area contributed by atoms with Crippen LogP contribution in [0.25, 0.3) is 0 Å². The van der Waals surface area contributed by atoms with E-state index in [9.17, 15) is 0 Å². The summed E-state index contributed by atoms with van der Waals surface area (Å²) < 4.78 is 5.47. The molecular weight excluding hydrogens is 484 g/mol. The van der Waals surface area contributed by atoms with Gasteiger partial charge in [0.05, 0.1) is 12.8 Å². The van der Waals surface area contributed by atoms with Gasteiger partial charge in [-0.05, 0) is 87.5 Å². The number of hydrazine groups is 1. The summed E-state index contributed by atoms with van der Waals surface area (Å²) in [5.41, 5.74) is 16.0. The van der Waals surface area contributed by atoms with Gasteiger partial charge in [-0.15, -0.1) is 13.2 Å². The van der Waals surface area contributed by atoms with Gasteiger partial charge in [0.2, 0.25) is 0 Å². The van der Waals surface area contributed by atoms with E-state index in [-0.39, 0.29) is 5.92 Å². The number of nitrogen functional groups attached to an aromatic ring is 1. The molecule has 0 spiro atoms. The fourth-order valence-corrected chi connectivity index (χ4v) is 3.58. The van der Waals surface area contributed by atoms with Crippen molar-refractivity contribution in [2.45, 2.75) is 60.8 Å². The van der Waals surface area contributed by atoms with Crippen molar-refractivity contribution in [3.05, 3.63) is 90.3 Å². The first kappa shape index (κ1) is 37.9. The second kappa shape index (κ2) is 25.0. The lowest BCUT2D eigenvalue weighted by Crippen LogP contribution is -2.19. The number of nitrogens with zero attached hydrogens (tertiary/aromatic N) is 1. The molecule has 1 aliphatic carbocycles. The van der Waals surface area contributed by atoms with Gasteiger partial charge in [0.1, 0.15) is 5.76 Å². The van der Waals surface area contributed by atoms with Crippen LogP contribution in [-0.2, 0) is 11.2 Å². The lowest BCUT2D eigenvalue weighted by Gasteiger charge is -2.14. The van der Waals surface area contributed by atoms with Crippen molar-refractivity contribution in [3.63, 3.8) is 0 Å². The standard InChI is InChI=1S/C24H35N5O.C4H11N.C2H6.C2H4/c1-5-27-29-24(25)20-10-12-23(28-26)21(16-20)15-19-8-6-7-17(2)14-22(30-4)11-9-18(3)13-19;1-3-4-5-2;2*1-2/h6-7,9-14,16-18,27-28H,5,8,15,26H2,1-4H3,(H2,25,29);5H,3-4H2,1-2H3;1-2H3;1-2H2/b7-6-,11-9-,19-13+,22-14+;;;. The summed E-state index contributed by atoms with van der Waals surface area (Å²) in [6.45, 7) is 20.3. The van der Waals surface area contributed by atoms with Gasteiger partial charge in [0.25, 0.3) is 0 Å². The molecule has 0 bridgehead atoms. The zero-order chi connectivity index (χ0) is 30.1. The lowest BCUT2D eigenvalue weighted by atomic mass is 9.95. The molecule has 0 saturated heterocycles. The Morgan fingerprint density at radius 3 is 2.31 bits per heavy atom. The highest BCUT2D eigenvalue weighted by Crippen LogP contribution is 2.24. The van der Waals surface area contributed by atoms with Crippen molar-refractivity contribution in [2.24, 2.45) is 28.5 Å². The maximum absolute atomic E-state index is 6.12. The van der Waals surface area contributed by atoms with Crippen molar-refractivity contribution in [2.75, 3.05) is 32.7 Å². The van der Waals surface area contributed by atoms with Gasteiger partial charge in [-0.2, -0.15) is 5.10 Å². The highest BCUT2D eigenvalue weighted by atomic mass is 16.5. The zero-order valence-corrected chi connectivity index (χ0v) is 25.8. The van der Waals surface area contributed by atoms with Gasteiger partial charge >= 0.3 is 0 Å². The molecular formula is C32H56N6O. The van der Waals surface area contributed by atoms with Crippen LogP contribution in [0, 0.1) is 11.8 Å². The Bertz CT molecular complexity index is 915. The number of nitrogens with two attached hydrogens (primary N) is 2. The summed E-state index contributed by atoms with van der Waals surface area (Å²) in [6.07, 6.45) is 15.9. The minimum atomic E-state index is 0.276. The normalized spacial score (nSPS) is 21.1. The van der Waals surface area contributed by atoms with Crippen LogP contribution in [-0.4, -0.2) is 33.1 Å². The van der Waals surface area contributed by atoms with Gasteiger partial charge in [-0.1, -0.05) is 64.5 Å². The number of rotatable bonds is 9. The number of hydrogen-bond acceptors (Lipinski definition) is 6. The number of methoxy groups -OCH3 is 1. The van der Waals surface area contributed by atoms with E-state index in [0.29, 0.717) is 11.8 Å². The SMILES string of the molecule is C=C.CC.CCCNC.CCN/N=C(\N)c1ccc(NN)c(C/C2=C/C(C)/C=C\C(OC)=C/C(C)/C=C\C2)c1. The third kappa shape index (κ3) is 17.0. The van der Waals surface area contributed by atoms with Crippen LogP contribution in [0.1, 0.15) is 65.5 Å². The molecule has 0 heterocycles. The number of hydrogen-bond donors (Lipinski definition) is 5. The fraction of sp³-hybridized carbons (Fsp3) is 0.469. The summed E-state index contributed by atoms with van der Waals surface area (Å²) in [6, 6.07) is 5.92. The Labute approximate surface area is 239 Å². The Morgan fingerprint density at radius 2 is 1.77 bits per heavy atom. The van der Waals surface area contributed by atoms with Crippen LogP contribution in [0.15, 0.2) is 84.2 Å². The van der Waals surface area contributed by atoms with Gasteiger partial charge in [-0.25, -0.2) is 0 Å². The van der Waals surface area contributed by atoms with Crippen LogP contribution in [0.3, 0.4) is 0 Å². The average molecular weight is 541 g/mol. The Hall–Kier alpha value is -3.29. The number of amidine groups is 1. The summed E-state index contributed by atoms with van der Waals surface area (Å²) in [5, 5.41) is 7.21. The molecule has 7 heteroatoms. The van der Waals surface area contributed by atoms with Crippen LogP contribution in [0.5, 0.6) is 0 Å². The second-order valence-electron chi connectivity index (χ2n) is 8.61. The molecule has 0 aliphatic heterocycles. The second-order valence-corrected chi connectivity index (χ2v) is 8.61. The van der Waals surface area contributed by atoms with E-state index in [1.165, 1.54) is 12.0 Å². The van der Waals surface area contributed by atoms with Crippen LogP contribution < -0.4 is 27.7 Å². The minimum absolute atomic E-state index is 0.276.